The maximum Gasteiger partial charge on any atom is 0.287 e. The van der Waals surface area contributed by atoms with E-state index in [1.807, 2.05) is 18.2 Å². The summed E-state index contributed by atoms with van der Waals surface area (Å²) in [5, 5.41) is 2.70. The molecule has 25 heavy (non-hydrogen) atoms. The number of halogens is 1. The Labute approximate surface area is 147 Å². The molecule has 4 nitrogen and oxygen atoms in total. The van der Waals surface area contributed by atoms with Crippen molar-refractivity contribution in [1.82, 2.24) is 5.32 Å². The van der Waals surface area contributed by atoms with Gasteiger partial charge in [-0.05, 0) is 42.0 Å². The molecule has 1 N–H and O–H groups in total. The van der Waals surface area contributed by atoms with Gasteiger partial charge in [0.2, 0.25) is 0 Å². The number of amides is 1. The van der Waals surface area contributed by atoms with Gasteiger partial charge in [-0.1, -0.05) is 30.3 Å². The lowest BCUT2D eigenvalue weighted by atomic mass is 10.2. The van der Waals surface area contributed by atoms with Crippen molar-refractivity contribution in [1.29, 1.82) is 0 Å². The monoisotopic (exact) mass is 357 g/mol. The van der Waals surface area contributed by atoms with Crippen LogP contribution in [0.15, 0.2) is 76.0 Å². The van der Waals surface area contributed by atoms with E-state index in [-0.39, 0.29) is 29.8 Å². The van der Waals surface area contributed by atoms with E-state index in [1.54, 1.807) is 36.4 Å². The highest BCUT2D eigenvalue weighted by Gasteiger charge is 2.13. The molecule has 3 rings (SSSR count). The number of furan rings is 1. The Kier molecular flexibility index (Phi) is 5.40. The number of carbonyl (C=O) groups excluding carboxylic acids is 1. The minimum Gasteiger partial charge on any atom is -0.455 e. The van der Waals surface area contributed by atoms with Crippen LogP contribution in [0.2, 0.25) is 0 Å². The third-order valence-corrected chi connectivity index (χ3v) is 4.88. The molecule has 1 unspecified atom stereocenters. The average Bonchev–Trinajstić information content (AvgIpc) is 3.10. The molecule has 0 saturated carbocycles. The van der Waals surface area contributed by atoms with Crippen molar-refractivity contribution in [2.45, 2.75) is 17.2 Å². The molecule has 6 heteroatoms. The fraction of sp³-hybridized carbons (Fsp3) is 0.105. The average molecular weight is 357 g/mol. The Hall–Kier alpha value is -2.73. The summed E-state index contributed by atoms with van der Waals surface area (Å²) in [6.07, 6.45) is 0. The molecule has 0 bridgehead atoms. The Morgan fingerprint density at radius 3 is 2.44 bits per heavy atom. The lowest BCUT2D eigenvalue weighted by molar-refractivity contribution is 0.0921. The molecule has 0 fully saturated rings. The predicted molar refractivity (Wildman–Crippen MR) is 92.8 cm³/mol. The van der Waals surface area contributed by atoms with Crippen LogP contribution in [0.4, 0.5) is 4.39 Å². The second-order valence-electron chi connectivity index (χ2n) is 5.38. The summed E-state index contributed by atoms with van der Waals surface area (Å²) in [5.41, 5.74) is 0.784. The highest BCUT2D eigenvalue weighted by Crippen LogP contribution is 2.15. The molecule has 1 aromatic heterocycles. The third kappa shape index (κ3) is 4.64. The molecule has 2 aromatic carbocycles. The first-order chi connectivity index (χ1) is 12.1. The Balaban J connectivity index is 1.58. The zero-order valence-electron chi connectivity index (χ0n) is 13.3. The van der Waals surface area contributed by atoms with Gasteiger partial charge in [0.05, 0.1) is 16.6 Å². The summed E-state index contributed by atoms with van der Waals surface area (Å²) in [5.74, 6) is 0.143. The number of hydrogen-bond acceptors (Lipinski definition) is 3. The number of hydrogen-bond donors (Lipinski definition) is 1. The summed E-state index contributed by atoms with van der Waals surface area (Å²) >= 11 is 0. The fourth-order valence-electron chi connectivity index (χ4n) is 2.23. The van der Waals surface area contributed by atoms with E-state index in [9.17, 15) is 13.4 Å². The fourth-order valence-corrected chi connectivity index (χ4v) is 3.27. The van der Waals surface area contributed by atoms with E-state index in [0.29, 0.717) is 10.7 Å². The second-order valence-corrected chi connectivity index (χ2v) is 6.83. The molecule has 0 saturated heterocycles. The van der Waals surface area contributed by atoms with Crippen LogP contribution < -0.4 is 5.32 Å². The topological polar surface area (TPSA) is 59.3 Å². The van der Waals surface area contributed by atoms with Gasteiger partial charge in [0.25, 0.3) is 5.91 Å². The van der Waals surface area contributed by atoms with Crippen LogP contribution in [0.5, 0.6) is 0 Å². The summed E-state index contributed by atoms with van der Waals surface area (Å²) in [6, 6.07) is 18.2. The van der Waals surface area contributed by atoms with E-state index in [4.69, 9.17) is 4.42 Å². The van der Waals surface area contributed by atoms with Crippen molar-refractivity contribution in [3.63, 3.8) is 0 Å². The van der Waals surface area contributed by atoms with Crippen LogP contribution in [0.1, 0.15) is 21.9 Å². The maximum atomic E-state index is 12.9. The highest BCUT2D eigenvalue weighted by atomic mass is 32.2. The number of nitrogens with one attached hydrogen (secondary N) is 1. The van der Waals surface area contributed by atoms with Gasteiger partial charge < -0.3 is 9.73 Å². The van der Waals surface area contributed by atoms with Crippen LogP contribution in [0.3, 0.4) is 0 Å². The summed E-state index contributed by atoms with van der Waals surface area (Å²) < 4.78 is 30.6. The van der Waals surface area contributed by atoms with Crippen LogP contribution in [0, 0.1) is 5.82 Å². The van der Waals surface area contributed by atoms with E-state index in [2.05, 4.69) is 5.32 Å². The zero-order chi connectivity index (χ0) is 17.6. The van der Waals surface area contributed by atoms with Crippen molar-refractivity contribution >= 4 is 16.7 Å². The van der Waals surface area contributed by atoms with Gasteiger partial charge in [-0.3, -0.25) is 9.00 Å². The standard InChI is InChI=1S/C19H16FNO3S/c20-15-8-6-14(7-9-15)12-21-19(22)18-11-10-16(24-18)13-25(23)17-4-2-1-3-5-17/h1-11H,12-13H2,(H,21,22). The summed E-state index contributed by atoms with van der Waals surface area (Å²) in [4.78, 5) is 12.8. The third-order valence-electron chi connectivity index (χ3n) is 3.53. The lowest BCUT2D eigenvalue weighted by Gasteiger charge is -2.03. The Morgan fingerprint density at radius 2 is 1.72 bits per heavy atom. The number of benzene rings is 2. The van der Waals surface area contributed by atoms with Crippen LogP contribution in [-0.2, 0) is 23.1 Å². The minimum absolute atomic E-state index is 0.155. The zero-order valence-corrected chi connectivity index (χ0v) is 14.1. The van der Waals surface area contributed by atoms with Crippen molar-refractivity contribution in [2.75, 3.05) is 0 Å². The van der Waals surface area contributed by atoms with Gasteiger partial charge in [-0.25, -0.2) is 4.39 Å². The number of rotatable bonds is 6. The molecular weight excluding hydrogens is 341 g/mol. The van der Waals surface area contributed by atoms with E-state index < -0.39 is 10.8 Å². The van der Waals surface area contributed by atoms with Gasteiger partial charge in [-0.2, -0.15) is 0 Å². The smallest absolute Gasteiger partial charge is 0.287 e. The molecule has 0 aliphatic rings. The molecular formula is C19H16FNO3S. The maximum absolute atomic E-state index is 12.9. The van der Waals surface area contributed by atoms with E-state index in [1.165, 1.54) is 12.1 Å². The van der Waals surface area contributed by atoms with E-state index >= 15 is 0 Å². The van der Waals surface area contributed by atoms with Gasteiger partial charge in [0, 0.05) is 11.4 Å². The van der Waals surface area contributed by atoms with Crippen molar-refractivity contribution < 1.29 is 17.8 Å². The molecule has 1 amide bonds. The minimum atomic E-state index is -1.23. The van der Waals surface area contributed by atoms with Crippen molar-refractivity contribution in [2.24, 2.45) is 0 Å². The lowest BCUT2D eigenvalue weighted by Crippen LogP contribution is -2.22. The quantitative estimate of drug-likeness (QED) is 0.732. The normalized spacial score (nSPS) is 11.9. The first-order valence-electron chi connectivity index (χ1n) is 7.66. The van der Waals surface area contributed by atoms with E-state index in [0.717, 1.165) is 5.56 Å². The van der Waals surface area contributed by atoms with Gasteiger partial charge in [0.15, 0.2) is 5.76 Å². The Morgan fingerprint density at radius 1 is 1.00 bits per heavy atom. The molecule has 1 atom stereocenters. The van der Waals surface area contributed by atoms with Crippen molar-refractivity contribution in [3.8, 4) is 0 Å². The van der Waals surface area contributed by atoms with Crippen LogP contribution >= 0.6 is 0 Å². The van der Waals surface area contributed by atoms with Gasteiger partial charge in [0.1, 0.15) is 11.6 Å². The highest BCUT2D eigenvalue weighted by molar-refractivity contribution is 7.84. The molecule has 128 valence electrons. The number of carbonyl (C=O) groups is 1. The van der Waals surface area contributed by atoms with Gasteiger partial charge in [-0.15, -0.1) is 0 Å². The molecule has 0 radical (unpaired) electrons. The van der Waals surface area contributed by atoms with Gasteiger partial charge >= 0.3 is 0 Å². The Bertz CT molecular complexity index is 875. The molecule has 0 aliphatic heterocycles. The predicted octanol–water partition coefficient (Wildman–Crippen LogP) is 3.66. The van der Waals surface area contributed by atoms with Crippen LogP contribution in [0.25, 0.3) is 0 Å². The molecule has 0 aliphatic carbocycles. The first kappa shape index (κ1) is 17.1. The molecule has 3 aromatic rings. The summed E-state index contributed by atoms with van der Waals surface area (Å²) in [7, 11) is -1.23. The molecule has 1 heterocycles. The van der Waals surface area contributed by atoms with Crippen molar-refractivity contribution in [3.05, 3.63) is 89.6 Å². The van der Waals surface area contributed by atoms with Crippen LogP contribution in [-0.4, -0.2) is 10.1 Å². The largest absolute Gasteiger partial charge is 0.455 e. The SMILES string of the molecule is O=C(NCc1ccc(F)cc1)c1ccc(CS(=O)c2ccccc2)o1. The second kappa shape index (κ2) is 7.90. The summed E-state index contributed by atoms with van der Waals surface area (Å²) in [6.45, 7) is 0.269. The first-order valence-corrected chi connectivity index (χ1v) is 8.98. The molecule has 0 spiro atoms.